The summed E-state index contributed by atoms with van der Waals surface area (Å²) in [5.74, 6) is 1.74. The maximum Gasteiger partial charge on any atom is 0.268 e. The van der Waals surface area contributed by atoms with Crippen molar-refractivity contribution in [3.63, 3.8) is 0 Å². The van der Waals surface area contributed by atoms with E-state index in [2.05, 4.69) is 20.5 Å². The van der Waals surface area contributed by atoms with Crippen molar-refractivity contribution < 1.29 is 9.21 Å². The minimum atomic E-state index is -0.228. The molecule has 8 heteroatoms. The maximum absolute atomic E-state index is 12.6. The Morgan fingerprint density at radius 1 is 1.28 bits per heavy atom. The van der Waals surface area contributed by atoms with Gasteiger partial charge in [0.2, 0.25) is 0 Å². The van der Waals surface area contributed by atoms with E-state index in [0.717, 1.165) is 16.3 Å². The number of aromatic amines is 1. The van der Waals surface area contributed by atoms with Crippen LogP contribution in [0.5, 0.6) is 0 Å². The Morgan fingerprint density at radius 2 is 2.16 bits per heavy atom. The highest BCUT2D eigenvalue weighted by Gasteiger charge is 2.19. The Morgan fingerprint density at radius 3 is 2.88 bits per heavy atom. The molecule has 6 nitrogen and oxygen atoms in total. The fourth-order valence-corrected chi connectivity index (χ4v) is 3.99. The van der Waals surface area contributed by atoms with Gasteiger partial charge in [-0.05, 0) is 37.4 Å². The summed E-state index contributed by atoms with van der Waals surface area (Å²) in [7, 11) is 0. The number of carbonyl (C=O) groups excluding carboxylic acids is 1. The number of carbonyl (C=O) groups is 1. The molecule has 0 spiro atoms. The summed E-state index contributed by atoms with van der Waals surface area (Å²) in [6.45, 7) is 3.69. The summed E-state index contributed by atoms with van der Waals surface area (Å²) in [6, 6.07) is 9.52. The summed E-state index contributed by atoms with van der Waals surface area (Å²) < 4.78 is 5.58. The Labute approximate surface area is 151 Å². The molecule has 4 rings (SSSR count). The predicted molar refractivity (Wildman–Crippen MR) is 99.1 cm³/mol. The minimum absolute atomic E-state index is 0.228. The van der Waals surface area contributed by atoms with E-state index >= 15 is 0 Å². The zero-order chi connectivity index (χ0) is 17.4. The van der Waals surface area contributed by atoms with Crippen molar-refractivity contribution in [1.82, 2.24) is 15.2 Å². The summed E-state index contributed by atoms with van der Waals surface area (Å²) in [5.41, 5.74) is 1.54. The molecule has 0 saturated carbocycles. The second-order valence-corrected chi connectivity index (χ2v) is 7.39. The van der Waals surface area contributed by atoms with Gasteiger partial charge in [0.25, 0.3) is 5.91 Å². The molecule has 0 aliphatic heterocycles. The molecular weight excluding hydrogens is 356 g/mol. The van der Waals surface area contributed by atoms with Crippen LogP contribution in [-0.2, 0) is 0 Å². The van der Waals surface area contributed by atoms with Crippen LogP contribution in [0.4, 0.5) is 5.82 Å². The molecule has 4 aromatic heterocycles. The Hall–Kier alpha value is -2.71. The lowest BCUT2D eigenvalue weighted by atomic mass is 10.3. The van der Waals surface area contributed by atoms with E-state index in [-0.39, 0.29) is 5.91 Å². The lowest BCUT2D eigenvalue weighted by Gasteiger charge is -1.98. The number of nitrogens with one attached hydrogen (secondary N) is 2. The normalized spacial score (nSPS) is 11.0. The molecule has 0 saturated heterocycles. The average Bonchev–Trinajstić information content (AvgIpc) is 3.32. The molecule has 0 atom stereocenters. The largest absolute Gasteiger partial charge is 0.459 e. The predicted octanol–water partition coefficient (Wildman–Crippen LogP) is 4.72. The molecule has 0 aromatic carbocycles. The first-order valence-electron chi connectivity index (χ1n) is 7.55. The standard InChI is InChI=1S/C17H14N4O2S2/c1-9-5-6-12(23-9)17-18-10(2)15(25-17)16(22)19-14-8-11(20-21-14)13-4-3-7-24-13/h3-8H,1-2H3,(H2,19,20,21,22). The minimum Gasteiger partial charge on any atom is -0.459 e. The number of H-pyrrole nitrogens is 1. The van der Waals surface area contributed by atoms with Gasteiger partial charge in [-0.1, -0.05) is 6.07 Å². The van der Waals surface area contributed by atoms with Gasteiger partial charge in [0.15, 0.2) is 16.6 Å². The van der Waals surface area contributed by atoms with E-state index in [9.17, 15) is 4.79 Å². The van der Waals surface area contributed by atoms with Crippen LogP contribution in [0.3, 0.4) is 0 Å². The zero-order valence-electron chi connectivity index (χ0n) is 13.5. The van der Waals surface area contributed by atoms with Crippen molar-refractivity contribution in [2.45, 2.75) is 13.8 Å². The van der Waals surface area contributed by atoms with Crippen molar-refractivity contribution in [2.24, 2.45) is 0 Å². The van der Waals surface area contributed by atoms with Gasteiger partial charge in [0.1, 0.15) is 10.6 Å². The number of hydrogen-bond acceptors (Lipinski definition) is 6. The number of anilines is 1. The van der Waals surface area contributed by atoms with Gasteiger partial charge in [-0.15, -0.1) is 22.7 Å². The lowest BCUT2D eigenvalue weighted by molar-refractivity contribution is 0.102. The molecule has 0 bridgehead atoms. The molecule has 4 aromatic rings. The summed E-state index contributed by atoms with van der Waals surface area (Å²) in [5, 5.41) is 12.6. The number of nitrogens with zero attached hydrogens (tertiary/aromatic N) is 2. The van der Waals surface area contributed by atoms with Crippen molar-refractivity contribution >= 4 is 34.4 Å². The van der Waals surface area contributed by atoms with Gasteiger partial charge in [0, 0.05) is 6.07 Å². The number of aromatic nitrogens is 3. The molecule has 0 unspecified atom stereocenters. The third-order valence-electron chi connectivity index (χ3n) is 3.56. The molecule has 0 aliphatic rings. The van der Waals surface area contributed by atoms with Gasteiger partial charge < -0.3 is 9.73 Å². The number of hydrogen-bond donors (Lipinski definition) is 2. The van der Waals surface area contributed by atoms with Crippen molar-refractivity contribution in [3.05, 3.63) is 52.0 Å². The number of thiophene rings is 1. The Kier molecular flexibility index (Phi) is 3.98. The van der Waals surface area contributed by atoms with Crippen LogP contribution in [-0.4, -0.2) is 21.1 Å². The van der Waals surface area contributed by atoms with Gasteiger partial charge >= 0.3 is 0 Å². The highest BCUT2D eigenvalue weighted by atomic mass is 32.1. The molecule has 0 aliphatic carbocycles. The van der Waals surface area contributed by atoms with E-state index in [4.69, 9.17) is 4.42 Å². The molecule has 4 heterocycles. The average molecular weight is 370 g/mol. The molecule has 2 N–H and O–H groups in total. The fourth-order valence-electron chi connectivity index (χ4n) is 2.38. The topological polar surface area (TPSA) is 83.8 Å². The molecular formula is C17H14N4O2S2. The van der Waals surface area contributed by atoms with Crippen LogP contribution in [0.1, 0.15) is 21.1 Å². The van der Waals surface area contributed by atoms with Crippen molar-refractivity contribution in [2.75, 3.05) is 5.32 Å². The van der Waals surface area contributed by atoms with Crippen LogP contribution >= 0.6 is 22.7 Å². The Balaban J connectivity index is 1.54. The van der Waals surface area contributed by atoms with Crippen LogP contribution < -0.4 is 5.32 Å². The second kappa shape index (κ2) is 6.30. The molecule has 1 amide bonds. The zero-order valence-corrected chi connectivity index (χ0v) is 15.1. The van der Waals surface area contributed by atoms with E-state index in [1.165, 1.54) is 11.3 Å². The van der Waals surface area contributed by atoms with Gasteiger partial charge in [-0.2, -0.15) is 5.10 Å². The molecule has 126 valence electrons. The molecule has 25 heavy (non-hydrogen) atoms. The number of furan rings is 1. The maximum atomic E-state index is 12.6. The summed E-state index contributed by atoms with van der Waals surface area (Å²) in [4.78, 5) is 18.6. The third kappa shape index (κ3) is 3.13. The fraction of sp³-hybridized carbons (Fsp3) is 0.118. The number of amides is 1. The lowest BCUT2D eigenvalue weighted by Crippen LogP contribution is -2.11. The van der Waals surface area contributed by atoms with Crippen LogP contribution in [0.2, 0.25) is 0 Å². The van der Waals surface area contributed by atoms with Gasteiger partial charge in [0.05, 0.1) is 16.3 Å². The highest BCUT2D eigenvalue weighted by molar-refractivity contribution is 7.17. The summed E-state index contributed by atoms with van der Waals surface area (Å²) >= 11 is 2.91. The molecule has 0 fully saturated rings. The first-order chi connectivity index (χ1) is 12.1. The van der Waals surface area contributed by atoms with Crippen LogP contribution in [0.15, 0.2) is 40.1 Å². The third-order valence-corrected chi connectivity index (χ3v) is 5.63. The van der Waals surface area contributed by atoms with Crippen molar-refractivity contribution in [3.8, 4) is 21.3 Å². The number of thiazole rings is 1. The quantitative estimate of drug-likeness (QED) is 0.544. The highest BCUT2D eigenvalue weighted by Crippen LogP contribution is 2.30. The van der Waals surface area contributed by atoms with E-state index in [0.29, 0.717) is 27.2 Å². The molecule has 0 radical (unpaired) electrons. The van der Waals surface area contributed by atoms with Crippen LogP contribution in [0, 0.1) is 13.8 Å². The SMILES string of the molecule is Cc1ccc(-c2nc(C)c(C(=O)Nc3cc(-c4cccs4)[nH]n3)s2)o1. The van der Waals surface area contributed by atoms with Crippen LogP contribution in [0.25, 0.3) is 21.3 Å². The first-order valence-corrected chi connectivity index (χ1v) is 9.24. The van der Waals surface area contributed by atoms with Crippen molar-refractivity contribution in [1.29, 1.82) is 0 Å². The van der Waals surface area contributed by atoms with Gasteiger partial charge in [-0.25, -0.2) is 4.98 Å². The Bertz CT molecular complexity index is 1030. The monoisotopic (exact) mass is 370 g/mol. The smallest absolute Gasteiger partial charge is 0.268 e. The van der Waals surface area contributed by atoms with Gasteiger partial charge in [-0.3, -0.25) is 9.89 Å². The van der Waals surface area contributed by atoms with E-state index in [1.807, 2.05) is 49.6 Å². The van der Waals surface area contributed by atoms with E-state index < -0.39 is 0 Å². The summed E-state index contributed by atoms with van der Waals surface area (Å²) in [6.07, 6.45) is 0. The second-order valence-electron chi connectivity index (χ2n) is 5.44. The first kappa shape index (κ1) is 15.8. The number of rotatable bonds is 4. The van der Waals surface area contributed by atoms with E-state index in [1.54, 1.807) is 11.3 Å². The number of aryl methyl sites for hydroxylation is 2.